The number of para-hydroxylation sites is 1. The third-order valence-corrected chi connectivity index (χ3v) is 3.47. The molecule has 3 heteroatoms. The molecule has 0 fully saturated rings. The summed E-state index contributed by atoms with van der Waals surface area (Å²) in [5.74, 6) is -0.197. The lowest BCUT2D eigenvalue weighted by atomic mass is 10.0. The van der Waals surface area contributed by atoms with Gasteiger partial charge in [-0.15, -0.1) is 0 Å². The van der Waals surface area contributed by atoms with Crippen LogP contribution >= 0.6 is 11.6 Å². The average Bonchev–Trinajstić information content (AvgIpc) is 2.75. The first kappa shape index (κ1) is 10.6. The van der Waals surface area contributed by atoms with Crippen molar-refractivity contribution in [3.8, 4) is 0 Å². The van der Waals surface area contributed by atoms with Crippen LogP contribution in [0.4, 0.5) is 10.1 Å². The summed E-state index contributed by atoms with van der Waals surface area (Å²) in [5, 5.41) is 3.92. The monoisotopic (exact) mass is 247 g/mol. The second-order valence-corrected chi connectivity index (χ2v) is 4.60. The van der Waals surface area contributed by atoms with E-state index in [0.717, 1.165) is 22.6 Å². The van der Waals surface area contributed by atoms with E-state index in [-0.39, 0.29) is 11.9 Å². The second kappa shape index (κ2) is 4.04. The molecule has 1 aliphatic heterocycles. The van der Waals surface area contributed by atoms with Crippen LogP contribution in [0.5, 0.6) is 0 Å². The molecule has 0 amide bonds. The predicted octanol–water partition coefficient (Wildman–Crippen LogP) is 4.19. The van der Waals surface area contributed by atoms with Crippen LogP contribution in [-0.4, -0.2) is 0 Å². The van der Waals surface area contributed by atoms with Crippen molar-refractivity contribution in [2.75, 3.05) is 5.32 Å². The molecule has 0 aliphatic carbocycles. The summed E-state index contributed by atoms with van der Waals surface area (Å²) in [4.78, 5) is 0. The Kier molecular flexibility index (Phi) is 2.52. The van der Waals surface area contributed by atoms with E-state index in [9.17, 15) is 4.39 Å². The predicted molar refractivity (Wildman–Crippen MR) is 67.9 cm³/mol. The normalized spacial score (nSPS) is 17.6. The largest absolute Gasteiger partial charge is 0.375 e. The Hall–Kier alpha value is -1.54. The fourth-order valence-corrected chi connectivity index (χ4v) is 2.56. The molecule has 2 aromatic rings. The zero-order valence-corrected chi connectivity index (χ0v) is 9.84. The van der Waals surface area contributed by atoms with Gasteiger partial charge in [0.2, 0.25) is 0 Å². The van der Waals surface area contributed by atoms with Crippen molar-refractivity contribution >= 4 is 17.3 Å². The van der Waals surface area contributed by atoms with Gasteiger partial charge in [-0.25, -0.2) is 4.39 Å². The topological polar surface area (TPSA) is 12.0 Å². The van der Waals surface area contributed by atoms with Crippen molar-refractivity contribution in [3.63, 3.8) is 0 Å². The van der Waals surface area contributed by atoms with E-state index >= 15 is 0 Å². The third-order valence-electron chi connectivity index (χ3n) is 3.12. The fraction of sp³-hybridized carbons (Fsp3) is 0.143. The molecule has 3 rings (SSSR count). The minimum absolute atomic E-state index is 0.0654. The molecule has 86 valence electrons. The van der Waals surface area contributed by atoms with Crippen LogP contribution in [0.1, 0.15) is 17.2 Å². The zero-order valence-electron chi connectivity index (χ0n) is 9.08. The minimum atomic E-state index is -0.197. The van der Waals surface area contributed by atoms with Gasteiger partial charge in [0.15, 0.2) is 0 Å². The van der Waals surface area contributed by atoms with Crippen LogP contribution < -0.4 is 5.32 Å². The Bertz CT molecular complexity index is 568. The Morgan fingerprint density at radius 2 is 1.94 bits per heavy atom. The summed E-state index contributed by atoms with van der Waals surface area (Å²) in [7, 11) is 0. The van der Waals surface area contributed by atoms with Gasteiger partial charge in [-0.3, -0.25) is 0 Å². The smallest absolute Gasteiger partial charge is 0.146 e. The SMILES string of the molecule is Fc1cccc2c1NC(c1ccccc1Cl)C2. The molecule has 0 aromatic heterocycles. The minimum Gasteiger partial charge on any atom is -0.375 e. The molecule has 0 bridgehead atoms. The van der Waals surface area contributed by atoms with Gasteiger partial charge in [-0.2, -0.15) is 0 Å². The first-order chi connectivity index (χ1) is 8.25. The standard InChI is InChI=1S/C14H11ClFN/c15-11-6-2-1-5-10(11)13-8-9-4-3-7-12(16)14(9)17-13/h1-7,13,17H,8H2. The highest BCUT2D eigenvalue weighted by Gasteiger charge is 2.25. The maximum Gasteiger partial charge on any atom is 0.146 e. The first-order valence-electron chi connectivity index (χ1n) is 5.54. The van der Waals surface area contributed by atoms with E-state index in [4.69, 9.17) is 11.6 Å². The second-order valence-electron chi connectivity index (χ2n) is 4.20. The van der Waals surface area contributed by atoms with E-state index in [1.165, 1.54) is 6.07 Å². The number of hydrogen-bond donors (Lipinski definition) is 1. The number of nitrogens with one attached hydrogen (secondary N) is 1. The highest BCUT2D eigenvalue weighted by atomic mass is 35.5. The molecular formula is C14H11ClFN. The van der Waals surface area contributed by atoms with E-state index in [1.54, 1.807) is 6.07 Å². The fourth-order valence-electron chi connectivity index (χ4n) is 2.29. The Morgan fingerprint density at radius 1 is 1.12 bits per heavy atom. The highest BCUT2D eigenvalue weighted by molar-refractivity contribution is 6.31. The molecule has 2 aromatic carbocycles. The van der Waals surface area contributed by atoms with Crippen molar-refractivity contribution in [1.29, 1.82) is 0 Å². The summed E-state index contributed by atoms with van der Waals surface area (Å²) in [6.07, 6.45) is 0.775. The van der Waals surface area contributed by atoms with Crippen LogP contribution in [0.25, 0.3) is 0 Å². The summed E-state index contributed by atoms with van der Waals surface area (Å²) in [6.45, 7) is 0. The molecule has 1 atom stereocenters. The summed E-state index contributed by atoms with van der Waals surface area (Å²) >= 11 is 6.15. The van der Waals surface area contributed by atoms with E-state index < -0.39 is 0 Å². The van der Waals surface area contributed by atoms with Gasteiger partial charge in [-0.05, 0) is 29.7 Å². The number of hydrogen-bond acceptors (Lipinski definition) is 1. The van der Waals surface area contributed by atoms with Gasteiger partial charge in [-0.1, -0.05) is 41.9 Å². The third kappa shape index (κ3) is 1.79. The molecule has 1 unspecified atom stereocenters. The van der Waals surface area contributed by atoms with Gasteiger partial charge in [0.05, 0.1) is 11.7 Å². The number of fused-ring (bicyclic) bond motifs is 1. The maximum absolute atomic E-state index is 13.6. The van der Waals surface area contributed by atoms with Gasteiger partial charge < -0.3 is 5.32 Å². The van der Waals surface area contributed by atoms with Gasteiger partial charge >= 0.3 is 0 Å². The van der Waals surface area contributed by atoms with Crippen molar-refractivity contribution in [2.45, 2.75) is 12.5 Å². The summed E-state index contributed by atoms with van der Waals surface area (Å²) < 4.78 is 13.6. The van der Waals surface area contributed by atoms with Crippen molar-refractivity contribution < 1.29 is 4.39 Å². The van der Waals surface area contributed by atoms with Crippen molar-refractivity contribution in [2.24, 2.45) is 0 Å². The number of anilines is 1. The lowest BCUT2D eigenvalue weighted by Gasteiger charge is -2.13. The van der Waals surface area contributed by atoms with Crippen molar-refractivity contribution in [3.05, 3.63) is 64.4 Å². The van der Waals surface area contributed by atoms with Crippen molar-refractivity contribution in [1.82, 2.24) is 0 Å². The molecule has 1 heterocycles. The Balaban J connectivity index is 1.97. The molecule has 0 spiro atoms. The lowest BCUT2D eigenvalue weighted by Crippen LogP contribution is -2.06. The summed E-state index contributed by atoms with van der Waals surface area (Å²) in [5.41, 5.74) is 2.64. The number of rotatable bonds is 1. The van der Waals surface area contributed by atoms with Crippen LogP contribution in [0, 0.1) is 5.82 Å². The molecular weight excluding hydrogens is 237 g/mol. The molecule has 17 heavy (non-hydrogen) atoms. The quantitative estimate of drug-likeness (QED) is 0.797. The van der Waals surface area contributed by atoms with Crippen LogP contribution in [0.15, 0.2) is 42.5 Å². The van der Waals surface area contributed by atoms with Gasteiger partial charge in [0, 0.05) is 5.02 Å². The zero-order chi connectivity index (χ0) is 11.8. The molecule has 1 aliphatic rings. The molecule has 0 radical (unpaired) electrons. The molecule has 1 nitrogen and oxygen atoms in total. The van der Waals surface area contributed by atoms with Gasteiger partial charge in [0.1, 0.15) is 5.82 Å². The van der Waals surface area contributed by atoms with E-state index in [2.05, 4.69) is 5.32 Å². The van der Waals surface area contributed by atoms with Crippen LogP contribution in [0.3, 0.4) is 0 Å². The van der Waals surface area contributed by atoms with Gasteiger partial charge in [0.25, 0.3) is 0 Å². The Morgan fingerprint density at radius 3 is 2.71 bits per heavy atom. The van der Waals surface area contributed by atoms with E-state index in [1.807, 2.05) is 30.3 Å². The highest BCUT2D eigenvalue weighted by Crippen LogP contribution is 2.37. The average molecular weight is 248 g/mol. The summed E-state index contributed by atoms with van der Waals surface area (Å²) in [6, 6.07) is 12.9. The molecule has 0 saturated carbocycles. The lowest BCUT2D eigenvalue weighted by molar-refractivity contribution is 0.630. The van der Waals surface area contributed by atoms with Crippen LogP contribution in [0.2, 0.25) is 5.02 Å². The first-order valence-corrected chi connectivity index (χ1v) is 5.92. The van der Waals surface area contributed by atoms with Crippen LogP contribution in [-0.2, 0) is 6.42 Å². The molecule has 1 N–H and O–H groups in total. The Labute approximate surface area is 104 Å². The van der Waals surface area contributed by atoms with E-state index in [0.29, 0.717) is 5.69 Å². The molecule has 0 saturated heterocycles. The number of halogens is 2. The number of benzene rings is 2. The maximum atomic E-state index is 13.6.